The minimum Gasteiger partial charge on any atom is -0.411 e. The highest BCUT2D eigenvalue weighted by Crippen LogP contribution is 2.28. The molecule has 92 valence electrons. The summed E-state index contributed by atoms with van der Waals surface area (Å²) in [5, 5.41) is 12.6. The van der Waals surface area contributed by atoms with Gasteiger partial charge in [-0.15, -0.1) is 0 Å². The maximum Gasteiger partial charge on any atom is 0.0889 e. The Kier molecular flexibility index (Phi) is 3.67. The average Bonchev–Trinajstić information content (AvgIpc) is 2.57. The van der Waals surface area contributed by atoms with Gasteiger partial charge < -0.3 is 10.1 Å². The van der Waals surface area contributed by atoms with Crippen LogP contribution in [0.15, 0.2) is 29.4 Å². The Labute approximate surface area is 103 Å². The molecule has 0 saturated carbocycles. The summed E-state index contributed by atoms with van der Waals surface area (Å²) in [4.78, 5) is 2.42. The van der Waals surface area contributed by atoms with Crippen LogP contribution in [-0.4, -0.2) is 23.5 Å². The Bertz CT molecular complexity index is 414. The van der Waals surface area contributed by atoms with Gasteiger partial charge in [-0.25, -0.2) is 0 Å². The zero-order chi connectivity index (χ0) is 12.3. The minimum atomic E-state index is 0.522. The molecule has 0 radical (unpaired) electrons. The second-order valence-electron chi connectivity index (χ2n) is 4.62. The Hall–Kier alpha value is -1.51. The Morgan fingerprint density at radius 3 is 2.88 bits per heavy atom. The highest BCUT2D eigenvalue weighted by atomic mass is 16.4. The van der Waals surface area contributed by atoms with Crippen LogP contribution in [0, 0.1) is 0 Å². The number of nitrogens with zero attached hydrogens (tertiary/aromatic N) is 2. The van der Waals surface area contributed by atoms with Crippen LogP contribution in [0.5, 0.6) is 0 Å². The lowest BCUT2D eigenvalue weighted by molar-refractivity contribution is 0.318. The van der Waals surface area contributed by atoms with Crippen molar-refractivity contribution in [3.63, 3.8) is 0 Å². The van der Waals surface area contributed by atoms with Gasteiger partial charge in [0.2, 0.25) is 0 Å². The molecule has 1 unspecified atom stereocenters. The lowest BCUT2D eigenvalue weighted by Gasteiger charge is -2.30. The van der Waals surface area contributed by atoms with E-state index in [1.165, 1.54) is 5.69 Å². The van der Waals surface area contributed by atoms with Crippen molar-refractivity contribution in [2.24, 2.45) is 5.16 Å². The number of para-hydroxylation sites is 1. The van der Waals surface area contributed by atoms with Gasteiger partial charge in [-0.2, -0.15) is 0 Å². The van der Waals surface area contributed by atoms with Crippen molar-refractivity contribution in [3.8, 4) is 0 Å². The normalized spacial score (nSPS) is 19.9. The van der Waals surface area contributed by atoms with Gasteiger partial charge in [0.15, 0.2) is 0 Å². The van der Waals surface area contributed by atoms with Crippen molar-refractivity contribution in [3.05, 3.63) is 29.8 Å². The summed E-state index contributed by atoms with van der Waals surface area (Å²) >= 11 is 0. The molecule has 3 heteroatoms. The third kappa shape index (κ3) is 2.28. The third-order valence-electron chi connectivity index (χ3n) is 3.58. The summed E-state index contributed by atoms with van der Waals surface area (Å²) < 4.78 is 0. The largest absolute Gasteiger partial charge is 0.411 e. The molecule has 1 aromatic rings. The summed E-state index contributed by atoms with van der Waals surface area (Å²) in [6.45, 7) is 5.49. The van der Waals surface area contributed by atoms with Crippen LogP contribution >= 0.6 is 0 Å². The highest BCUT2D eigenvalue weighted by molar-refractivity contribution is 6.05. The highest BCUT2D eigenvalue weighted by Gasteiger charge is 2.22. The van der Waals surface area contributed by atoms with Gasteiger partial charge in [0, 0.05) is 23.8 Å². The molecule has 2 rings (SSSR count). The van der Waals surface area contributed by atoms with Crippen molar-refractivity contribution in [1.82, 2.24) is 0 Å². The number of anilines is 1. The molecule has 0 saturated heterocycles. The second kappa shape index (κ2) is 5.21. The first kappa shape index (κ1) is 12.0. The number of hydrogen-bond donors (Lipinski definition) is 1. The van der Waals surface area contributed by atoms with Gasteiger partial charge >= 0.3 is 0 Å². The molecule has 0 bridgehead atoms. The molecular weight excluding hydrogens is 212 g/mol. The van der Waals surface area contributed by atoms with Crippen LogP contribution in [0.1, 0.15) is 38.7 Å². The molecule has 0 spiro atoms. The van der Waals surface area contributed by atoms with Crippen LogP contribution in [0.3, 0.4) is 0 Å². The Morgan fingerprint density at radius 1 is 1.41 bits per heavy atom. The molecule has 0 aliphatic carbocycles. The van der Waals surface area contributed by atoms with E-state index >= 15 is 0 Å². The fourth-order valence-corrected chi connectivity index (χ4v) is 2.42. The van der Waals surface area contributed by atoms with E-state index in [1.807, 2.05) is 12.1 Å². The predicted molar refractivity (Wildman–Crippen MR) is 71.1 cm³/mol. The zero-order valence-corrected chi connectivity index (χ0v) is 10.6. The third-order valence-corrected chi connectivity index (χ3v) is 3.58. The van der Waals surface area contributed by atoms with Gasteiger partial charge in [0.25, 0.3) is 0 Å². The molecule has 0 fully saturated rings. The summed E-state index contributed by atoms with van der Waals surface area (Å²) in [7, 11) is 0. The SMILES string of the molecule is CCC(C)N1CCC/C(=N/O)c2ccccc21. The van der Waals surface area contributed by atoms with Crippen LogP contribution in [0.2, 0.25) is 0 Å². The van der Waals surface area contributed by atoms with Crippen LogP contribution in [0.25, 0.3) is 0 Å². The van der Waals surface area contributed by atoms with E-state index in [1.54, 1.807) is 0 Å². The second-order valence-corrected chi connectivity index (χ2v) is 4.62. The Morgan fingerprint density at radius 2 is 2.18 bits per heavy atom. The lowest BCUT2D eigenvalue weighted by atomic mass is 10.1. The first-order valence-corrected chi connectivity index (χ1v) is 6.35. The van der Waals surface area contributed by atoms with Crippen molar-refractivity contribution in [2.75, 3.05) is 11.4 Å². The van der Waals surface area contributed by atoms with Crippen molar-refractivity contribution in [1.29, 1.82) is 0 Å². The molecule has 1 aliphatic rings. The first-order chi connectivity index (χ1) is 8.27. The zero-order valence-electron chi connectivity index (χ0n) is 10.6. The van der Waals surface area contributed by atoms with E-state index in [2.05, 4.69) is 36.0 Å². The topological polar surface area (TPSA) is 35.8 Å². The number of rotatable bonds is 2. The predicted octanol–water partition coefficient (Wildman–Crippen LogP) is 3.26. The van der Waals surface area contributed by atoms with Gasteiger partial charge in [-0.3, -0.25) is 0 Å². The van der Waals surface area contributed by atoms with Crippen LogP contribution in [0.4, 0.5) is 5.69 Å². The first-order valence-electron chi connectivity index (χ1n) is 6.35. The van der Waals surface area contributed by atoms with E-state index < -0.39 is 0 Å². The van der Waals surface area contributed by atoms with E-state index in [-0.39, 0.29) is 0 Å². The van der Waals surface area contributed by atoms with Crippen LogP contribution < -0.4 is 4.90 Å². The lowest BCUT2D eigenvalue weighted by Crippen LogP contribution is -2.33. The molecule has 1 aromatic carbocycles. The number of fused-ring (bicyclic) bond motifs is 1. The summed E-state index contributed by atoms with van der Waals surface area (Å²) in [5.41, 5.74) is 3.09. The van der Waals surface area contributed by atoms with E-state index in [4.69, 9.17) is 5.21 Å². The monoisotopic (exact) mass is 232 g/mol. The molecule has 3 nitrogen and oxygen atoms in total. The molecule has 0 aromatic heterocycles. The van der Waals surface area contributed by atoms with Crippen LogP contribution in [-0.2, 0) is 0 Å². The number of oxime groups is 1. The molecule has 17 heavy (non-hydrogen) atoms. The minimum absolute atomic E-state index is 0.522. The van der Waals surface area contributed by atoms with E-state index in [0.717, 1.165) is 37.1 Å². The molecule has 1 atom stereocenters. The summed E-state index contributed by atoms with van der Waals surface area (Å²) in [6.07, 6.45) is 3.01. The maximum atomic E-state index is 9.11. The quantitative estimate of drug-likeness (QED) is 0.627. The average molecular weight is 232 g/mol. The fourth-order valence-electron chi connectivity index (χ4n) is 2.42. The fraction of sp³-hybridized carbons (Fsp3) is 0.500. The maximum absolute atomic E-state index is 9.11. The standard InChI is InChI=1S/C14H20N2O/c1-3-11(2)16-10-6-8-13(15-17)12-7-4-5-9-14(12)16/h4-5,7,9,11,17H,3,6,8,10H2,1-2H3/b15-13-. The number of hydrogen-bond acceptors (Lipinski definition) is 3. The number of benzene rings is 1. The smallest absolute Gasteiger partial charge is 0.0889 e. The summed E-state index contributed by atoms with van der Waals surface area (Å²) in [6, 6.07) is 8.75. The van der Waals surface area contributed by atoms with Gasteiger partial charge in [0.1, 0.15) is 0 Å². The van der Waals surface area contributed by atoms with Gasteiger partial charge in [-0.05, 0) is 32.3 Å². The van der Waals surface area contributed by atoms with Crippen molar-refractivity contribution >= 4 is 11.4 Å². The summed E-state index contributed by atoms with van der Waals surface area (Å²) in [5.74, 6) is 0. The van der Waals surface area contributed by atoms with Crippen molar-refractivity contribution in [2.45, 2.75) is 39.2 Å². The molecule has 1 N–H and O–H groups in total. The van der Waals surface area contributed by atoms with Crippen molar-refractivity contribution < 1.29 is 5.21 Å². The molecular formula is C14H20N2O. The van der Waals surface area contributed by atoms with E-state index in [9.17, 15) is 0 Å². The molecule has 1 heterocycles. The molecule has 0 amide bonds. The Balaban J connectivity index is 2.46. The van der Waals surface area contributed by atoms with E-state index in [0.29, 0.717) is 6.04 Å². The van der Waals surface area contributed by atoms with Gasteiger partial charge in [-0.1, -0.05) is 30.3 Å². The van der Waals surface area contributed by atoms with Gasteiger partial charge in [0.05, 0.1) is 5.71 Å². The molecule has 1 aliphatic heterocycles.